The molecule has 2 rings (SSSR count). The minimum absolute atomic E-state index is 0.00565. The maximum absolute atomic E-state index is 9.23. The monoisotopic (exact) mass is 191 g/mol. The number of hydrogen-bond donors (Lipinski definition) is 2. The summed E-state index contributed by atoms with van der Waals surface area (Å²) >= 11 is 0. The van der Waals surface area contributed by atoms with Crippen LogP contribution in [0.3, 0.4) is 0 Å². The molecule has 0 atom stereocenters. The van der Waals surface area contributed by atoms with Gasteiger partial charge in [-0.15, -0.1) is 6.42 Å². The third-order valence-corrected chi connectivity index (χ3v) is 2.48. The Labute approximate surface area is 82.9 Å². The van der Waals surface area contributed by atoms with Gasteiger partial charge in [0.15, 0.2) is 0 Å². The quantitative estimate of drug-likeness (QED) is 0.628. The van der Waals surface area contributed by atoms with Gasteiger partial charge in [-0.1, -0.05) is 5.92 Å². The Hall–Kier alpha value is -1.31. The highest BCUT2D eigenvalue weighted by atomic mass is 16.3. The zero-order valence-electron chi connectivity index (χ0n) is 7.95. The van der Waals surface area contributed by atoms with E-state index in [2.05, 4.69) is 16.3 Å². The number of terminal acetylenes is 1. The maximum atomic E-state index is 9.23. The van der Waals surface area contributed by atoms with Crippen molar-refractivity contribution in [2.75, 3.05) is 6.54 Å². The van der Waals surface area contributed by atoms with Crippen molar-refractivity contribution in [2.45, 2.75) is 26.1 Å². The second-order valence-electron chi connectivity index (χ2n) is 3.32. The summed E-state index contributed by atoms with van der Waals surface area (Å²) in [5.74, 6) is 2.54. The van der Waals surface area contributed by atoms with Gasteiger partial charge in [0, 0.05) is 25.1 Å². The lowest BCUT2D eigenvalue weighted by atomic mass is 10.1. The number of aliphatic hydroxyl groups is 1. The second-order valence-corrected chi connectivity index (χ2v) is 3.32. The van der Waals surface area contributed by atoms with E-state index in [9.17, 15) is 5.11 Å². The van der Waals surface area contributed by atoms with E-state index in [4.69, 9.17) is 6.42 Å². The molecule has 0 saturated carbocycles. The van der Waals surface area contributed by atoms with Crippen molar-refractivity contribution >= 4 is 0 Å². The highest BCUT2D eigenvalue weighted by Crippen LogP contribution is 2.17. The first-order valence-electron chi connectivity index (χ1n) is 4.69. The molecule has 0 saturated heterocycles. The highest BCUT2D eigenvalue weighted by Gasteiger charge is 2.18. The van der Waals surface area contributed by atoms with Crippen molar-refractivity contribution in [1.82, 2.24) is 15.1 Å². The maximum Gasteiger partial charge on any atom is 0.102 e. The number of nitrogens with zero attached hydrogens (tertiary/aromatic N) is 2. The SMILES string of the molecule is C#CCn1nc2c(c1CO)CNCC2. The van der Waals surface area contributed by atoms with E-state index < -0.39 is 0 Å². The van der Waals surface area contributed by atoms with E-state index in [1.807, 2.05) is 0 Å². The van der Waals surface area contributed by atoms with E-state index >= 15 is 0 Å². The molecule has 0 aliphatic carbocycles. The molecule has 0 amide bonds. The Morgan fingerprint density at radius 1 is 1.64 bits per heavy atom. The molecule has 1 aliphatic rings. The van der Waals surface area contributed by atoms with Crippen LogP contribution in [0.25, 0.3) is 0 Å². The first kappa shape index (κ1) is 9.25. The summed E-state index contributed by atoms with van der Waals surface area (Å²) in [5, 5.41) is 16.9. The molecule has 4 heteroatoms. The van der Waals surface area contributed by atoms with Crippen molar-refractivity contribution in [1.29, 1.82) is 0 Å². The number of rotatable bonds is 2. The fourth-order valence-corrected chi connectivity index (χ4v) is 1.81. The topological polar surface area (TPSA) is 50.1 Å². The third-order valence-electron chi connectivity index (χ3n) is 2.48. The average Bonchev–Trinajstić information content (AvgIpc) is 2.55. The van der Waals surface area contributed by atoms with Crippen molar-refractivity contribution < 1.29 is 5.11 Å². The van der Waals surface area contributed by atoms with Crippen LogP contribution in [-0.2, 0) is 26.1 Å². The predicted molar refractivity (Wildman–Crippen MR) is 52.4 cm³/mol. The summed E-state index contributed by atoms with van der Waals surface area (Å²) in [6.45, 7) is 2.18. The molecule has 0 aromatic carbocycles. The number of fused-ring (bicyclic) bond motifs is 1. The summed E-state index contributed by atoms with van der Waals surface area (Å²) in [7, 11) is 0. The normalized spacial score (nSPS) is 14.9. The van der Waals surface area contributed by atoms with Crippen LogP contribution in [-0.4, -0.2) is 21.4 Å². The molecule has 1 aromatic rings. The van der Waals surface area contributed by atoms with Gasteiger partial charge in [0.2, 0.25) is 0 Å². The Morgan fingerprint density at radius 2 is 2.50 bits per heavy atom. The van der Waals surface area contributed by atoms with Crippen LogP contribution >= 0.6 is 0 Å². The Morgan fingerprint density at radius 3 is 3.21 bits per heavy atom. The van der Waals surface area contributed by atoms with E-state index in [0.717, 1.165) is 36.5 Å². The smallest absolute Gasteiger partial charge is 0.102 e. The van der Waals surface area contributed by atoms with Crippen LogP contribution in [0.1, 0.15) is 17.0 Å². The second kappa shape index (κ2) is 3.82. The lowest BCUT2D eigenvalue weighted by molar-refractivity contribution is 0.268. The first-order chi connectivity index (χ1) is 6.86. The van der Waals surface area contributed by atoms with Gasteiger partial charge in [0.1, 0.15) is 6.54 Å². The molecule has 0 spiro atoms. The van der Waals surface area contributed by atoms with Gasteiger partial charge in [-0.25, -0.2) is 0 Å². The molecular weight excluding hydrogens is 178 g/mol. The van der Waals surface area contributed by atoms with Gasteiger partial charge < -0.3 is 10.4 Å². The van der Waals surface area contributed by atoms with E-state index in [-0.39, 0.29) is 6.61 Å². The lowest BCUT2D eigenvalue weighted by Gasteiger charge is -2.11. The largest absolute Gasteiger partial charge is 0.390 e. The van der Waals surface area contributed by atoms with Gasteiger partial charge in [-0.05, 0) is 0 Å². The summed E-state index contributed by atoms with van der Waals surface area (Å²) < 4.78 is 1.72. The average molecular weight is 191 g/mol. The molecule has 0 fully saturated rings. The molecular formula is C10H13N3O. The zero-order valence-corrected chi connectivity index (χ0v) is 7.95. The molecule has 1 aliphatic heterocycles. The van der Waals surface area contributed by atoms with Crippen LogP contribution in [0.5, 0.6) is 0 Å². The van der Waals surface area contributed by atoms with E-state index in [0.29, 0.717) is 6.54 Å². The van der Waals surface area contributed by atoms with Crippen molar-refractivity contribution in [2.24, 2.45) is 0 Å². The summed E-state index contributed by atoms with van der Waals surface area (Å²) in [5.41, 5.74) is 3.04. The Kier molecular flexibility index (Phi) is 2.53. The first-order valence-corrected chi connectivity index (χ1v) is 4.69. The standard InChI is InChI=1S/C10H13N3O/c1-2-5-13-10(7-14)8-6-11-4-3-9(8)12-13/h1,11,14H,3-7H2. The lowest BCUT2D eigenvalue weighted by Crippen LogP contribution is -2.23. The van der Waals surface area contributed by atoms with Crippen LogP contribution in [0.15, 0.2) is 0 Å². The number of aliphatic hydroxyl groups excluding tert-OH is 1. The van der Waals surface area contributed by atoms with Gasteiger partial charge >= 0.3 is 0 Å². The van der Waals surface area contributed by atoms with E-state index in [1.54, 1.807) is 4.68 Å². The van der Waals surface area contributed by atoms with Gasteiger partial charge in [-0.3, -0.25) is 4.68 Å². The van der Waals surface area contributed by atoms with Gasteiger partial charge in [0.25, 0.3) is 0 Å². The number of hydrogen-bond acceptors (Lipinski definition) is 3. The van der Waals surface area contributed by atoms with Gasteiger partial charge in [0.05, 0.1) is 18.0 Å². The zero-order chi connectivity index (χ0) is 9.97. The molecule has 0 radical (unpaired) electrons. The summed E-state index contributed by atoms with van der Waals surface area (Å²) in [6, 6.07) is 0. The third kappa shape index (κ3) is 1.41. The Bertz CT molecular complexity index is 375. The van der Waals surface area contributed by atoms with Crippen molar-refractivity contribution in [3.05, 3.63) is 17.0 Å². The predicted octanol–water partition coefficient (Wildman–Crippen LogP) is -0.346. The van der Waals surface area contributed by atoms with Crippen molar-refractivity contribution in [3.8, 4) is 12.3 Å². The highest BCUT2D eigenvalue weighted by molar-refractivity contribution is 5.28. The molecule has 2 N–H and O–H groups in total. The van der Waals surface area contributed by atoms with E-state index in [1.165, 1.54) is 0 Å². The molecule has 74 valence electrons. The van der Waals surface area contributed by atoms with Crippen LogP contribution in [0.4, 0.5) is 0 Å². The number of aromatic nitrogens is 2. The van der Waals surface area contributed by atoms with Crippen molar-refractivity contribution in [3.63, 3.8) is 0 Å². The molecule has 1 aromatic heterocycles. The van der Waals surface area contributed by atoms with Crippen LogP contribution in [0, 0.1) is 12.3 Å². The summed E-state index contributed by atoms with van der Waals surface area (Å²) in [4.78, 5) is 0. The Balaban J connectivity index is 2.42. The molecule has 0 bridgehead atoms. The minimum Gasteiger partial charge on any atom is -0.390 e. The molecule has 4 nitrogen and oxygen atoms in total. The molecule has 0 unspecified atom stereocenters. The summed E-state index contributed by atoms with van der Waals surface area (Å²) in [6.07, 6.45) is 6.15. The molecule has 14 heavy (non-hydrogen) atoms. The number of nitrogens with one attached hydrogen (secondary N) is 1. The fourth-order valence-electron chi connectivity index (χ4n) is 1.81. The van der Waals surface area contributed by atoms with Crippen LogP contribution < -0.4 is 5.32 Å². The minimum atomic E-state index is 0.00565. The van der Waals surface area contributed by atoms with Crippen LogP contribution in [0.2, 0.25) is 0 Å². The fraction of sp³-hybridized carbons (Fsp3) is 0.500. The van der Waals surface area contributed by atoms with Gasteiger partial charge in [-0.2, -0.15) is 5.10 Å². The molecule has 2 heterocycles.